The lowest BCUT2D eigenvalue weighted by Crippen LogP contribution is -2.39. The summed E-state index contributed by atoms with van der Waals surface area (Å²) in [7, 11) is 0. The topological polar surface area (TPSA) is 55.1 Å². The van der Waals surface area contributed by atoms with E-state index in [9.17, 15) is 4.79 Å². The third-order valence-corrected chi connectivity index (χ3v) is 3.53. The summed E-state index contributed by atoms with van der Waals surface area (Å²) in [6.07, 6.45) is 0.812. The molecule has 1 aromatic carbocycles. The van der Waals surface area contributed by atoms with Crippen LogP contribution in [0, 0.1) is 0 Å². The molecule has 1 aromatic rings. The van der Waals surface area contributed by atoms with E-state index in [4.69, 9.17) is 17.3 Å². The van der Waals surface area contributed by atoms with Crippen molar-refractivity contribution in [3.8, 4) is 0 Å². The van der Waals surface area contributed by atoms with Crippen LogP contribution in [0.2, 0.25) is 5.02 Å². The number of nitrogens with one attached hydrogen (secondary N) is 1. The lowest BCUT2D eigenvalue weighted by atomic mass is 10.1. The maximum absolute atomic E-state index is 11.8. The third-order valence-electron chi connectivity index (χ3n) is 2.29. The second-order valence-corrected chi connectivity index (χ2v) is 4.70. The molecule has 0 radical (unpaired) electrons. The molecule has 0 aromatic heterocycles. The Bertz CT molecular complexity index is 380. The average molecular weight is 306 g/mol. The van der Waals surface area contributed by atoms with E-state index in [2.05, 4.69) is 21.2 Å². The second kappa shape index (κ2) is 6.23. The van der Waals surface area contributed by atoms with E-state index < -0.39 is 0 Å². The van der Waals surface area contributed by atoms with E-state index in [-0.39, 0.29) is 11.9 Å². The Balaban J connectivity index is 2.76. The SMILES string of the molecule is CCC(CN)NC(=O)c1ccc(Br)c(Cl)c1. The van der Waals surface area contributed by atoms with Gasteiger partial charge in [-0.05, 0) is 40.5 Å². The zero-order valence-electron chi connectivity index (χ0n) is 8.97. The van der Waals surface area contributed by atoms with Crippen molar-refractivity contribution in [2.24, 2.45) is 5.73 Å². The van der Waals surface area contributed by atoms with Crippen molar-refractivity contribution in [2.45, 2.75) is 19.4 Å². The molecule has 0 aliphatic carbocycles. The van der Waals surface area contributed by atoms with Gasteiger partial charge >= 0.3 is 0 Å². The summed E-state index contributed by atoms with van der Waals surface area (Å²) in [5, 5.41) is 3.36. The summed E-state index contributed by atoms with van der Waals surface area (Å²) in [5.41, 5.74) is 6.06. The number of amides is 1. The standard InChI is InChI=1S/C11H14BrClN2O/c1-2-8(6-14)15-11(16)7-3-4-9(12)10(13)5-7/h3-5,8H,2,6,14H2,1H3,(H,15,16). The monoisotopic (exact) mass is 304 g/mol. The van der Waals surface area contributed by atoms with Crippen molar-refractivity contribution in [3.05, 3.63) is 33.3 Å². The number of carbonyl (C=O) groups excluding carboxylic acids is 1. The summed E-state index contributed by atoms with van der Waals surface area (Å²) >= 11 is 9.18. The van der Waals surface area contributed by atoms with Gasteiger partial charge in [0.25, 0.3) is 5.91 Å². The van der Waals surface area contributed by atoms with Gasteiger partial charge in [-0.3, -0.25) is 4.79 Å². The Morgan fingerprint density at radius 1 is 1.62 bits per heavy atom. The van der Waals surface area contributed by atoms with E-state index in [1.54, 1.807) is 18.2 Å². The van der Waals surface area contributed by atoms with Crippen LogP contribution < -0.4 is 11.1 Å². The molecule has 5 heteroatoms. The van der Waals surface area contributed by atoms with Crippen molar-refractivity contribution in [1.82, 2.24) is 5.32 Å². The molecule has 1 unspecified atom stereocenters. The predicted molar refractivity (Wildman–Crippen MR) is 69.8 cm³/mol. The quantitative estimate of drug-likeness (QED) is 0.898. The fourth-order valence-electron chi connectivity index (χ4n) is 1.23. The van der Waals surface area contributed by atoms with Gasteiger partial charge in [0.15, 0.2) is 0 Å². The largest absolute Gasteiger partial charge is 0.348 e. The molecular formula is C11H14BrClN2O. The summed E-state index contributed by atoms with van der Waals surface area (Å²) in [4.78, 5) is 11.8. The molecule has 0 spiro atoms. The normalized spacial score (nSPS) is 12.2. The zero-order valence-corrected chi connectivity index (χ0v) is 11.3. The Kier molecular flexibility index (Phi) is 5.25. The summed E-state index contributed by atoms with van der Waals surface area (Å²) in [6.45, 7) is 2.42. The fraction of sp³-hybridized carbons (Fsp3) is 0.364. The molecule has 0 fully saturated rings. The van der Waals surface area contributed by atoms with Crippen LogP contribution in [0.25, 0.3) is 0 Å². The number of hydrogen-bond acceptors (Lipinski definition) is 2. The van der Waals surface area contributed by atoms with Crippen LogP contribution in [0.3, 0.4) is 0 Å². The molecule has 1 rings (SSSR count). The molecular weight excluding hydrogens is 291 g/mol. The molecule has 0 aliphatic rings. The lowest BCUT2D eigenvalue weighted by molar-refractivity contribution is 0.0937. The van der Waals surface area contributed by atoms with E-state index in [1.807, 2.05) is 6.92 Å². The molecule has 1 amide bonds. The molecule has 1 atom stereocenters. The minimum Gasteiger partial charge on any atom is -0.348 e. The zero-order chi connectivity index (χ0) is 12.1. The van der Waals surface area contributed by atoms with Gasteiger partial charge in [-0.1, -0.05) is 18.5 Å². The number of nitrogens with two attached hydrogens (primary N) is 1. The van der Waals surface area contributed by atoms with Gasteiger partial charge in [0.2, 0.25) is 0 Å². The van der Waals surface area contributed by atoms with Crippen molar-refractivity contribution in [1.29, 1.82) is 0 Å². The Morgan fingerprint density at radius 3 is 2.81 bits per heavy atom. The molecule has 0 saturated carbocycles. The Hall–Kier alpha value is -0.580. The fourth-order valence-corrected chi connectivity index (χ4v) is 1.66. The minimum absolute atomic E-state index is 0.00919. The lowest BCUT2D eigenvalue weighted by Gasteiger charge is -2.14. The van der Waals surface area contributed by atoms with Crippen LogP contribution in [0.15, 0.2) is 22.7 Å². The highest BCUT2D eigenvalue weighted by Gasteiger charge is 2.11. The Labute approximate surface area is 108 Å². The van der Waals surface area contributed by atoms with Crippen LogP contribution in [0.5, 0.6) is 0 Å². The van der Waals surface area contributed by atoms with Gasteiger partial charge < -0.3 is 11.1 Å². The van der Waals surface area contributed by atoms with E-state index in [1.165, 1.54) is 0 Å². The number of carbonyl (C=O) groups is 1. The molecule has 0 aliphatic heterocycles. The van der Waals surface area contributed by atoms with Gasteiger partial charge in [-0.15, -0.1) is 0 Å². The summed E-state index contributed by atoms with van der Waals surface area (Å²) in [6, 6.07) is 5.11. The summed E-state index contributed by atoms with van der Waals surface area (Å²) in [5.74, 6) is -0.147. The molecule has 0 heterocycles. The van der Waals surface area contributed by atoms with Crippen LogP contribution in [-0.4, -0.2) is 18.5 Å². The molecule has 0 bridgehead atoms. The van der Waals surface area contributed by atoms with Crippen LogP contribution in [0.4, 0.5) is 0 Å². The van der Waals surface area contributed by atoms with Gasteiger partial charge in [-0.25, -0.2) is 0 Å². The first kappa shape index (κ1) is 13.5. The summed E-state index contributed by atoms with van der Waals surface area (Å²) < 4.78 is 0.775. The molecule has 16 heavy (non-hydrogen) atoms. The highest BCUT2D eigenvalue weighted by molar-refractivity contribution is 9.10. The van der Waals surface area contributed by atoms with Gasteiger partial charge in [-0.2, -0.15) is 0 Å². The predicted octanol–water partition coefficient (Wildman–Crippen LogP) is 2.57. The smallest absolute Gasteiger partial charge is 0.251 e. The van der Waals surface area contributed by atoms with Crippen LogP contribution in [0.1, 0.15) is 23.7 Å². The molecule has 88 valence electrons. The average Bonchev–Trinajstić information content (AvgIpc) is 2.29. The maximum Gasteiger partial charge on any atom is 0.251 e. The van der Waals surface area contributed by atoms with Crippen LogP contribution in [-0.2, 0) is 0 Å². The maximum atomic E-state index is 11.8. The molecule has 3 nitrogen and oxygen atoms in total. The van der Waals surface area contributed by atoms with Gasteiger partial charge in [0, 0.05) is 22.6 Å². The molecule has 0 saturated heterocycles. The minimum atomic E-state index is -0.147. The number of halogens is 2. The number of rotatable bonds is 4. The highest BCUT2D eigenvalue weighted by Crippen LogP contribution is 2.23. The van der Waals surface area contributed by atoms with E-state index >= 15 is 0 Å². The van der Waals surface area contributed by atoms with Gasteiger partial charge in [0.1, 0.15) is 0 Å². The first-order valence-electron chi connectivity index (χ1n) is 5.04. The Morgan fingerprint density at radius 2 is 2.31 bits per heavy atom. The van der Waals surface area contributed by atoms with E-state index in [0.717, 1.165) is 10.9 Å². The number of benzene rings is 1. The van der Waals surface area contributed by atoms with Crippen molar-refractivity contribution in [2.75, 3.05) is 6.54 Å². The molecule has 3 N–H and O–H groups in total. The number of hydrogen-bond donors (Lipinski definition) is 2. The van der Waals surface area contributed by atoms with Crippen molar-refractivity contribution >= 4 is 33.4 Å². The third kappa shape index (κ3) is 3.47. The van der Waals surface area contributed by atoms with Crippen molar-refractivity contribution in [3.63, 3.8) is 0 Å². The first-order chi connectivity index (χ1) is 7.58. The van der Waals surface area contributed by atoms with Gasteiger partial charge in [0.05, 0.1) is 5.02 Å². The first-order valence-corrected chi connectivity index (χ1v) is 6.21. The van der Waals surface area contributed by atoms with Crippen LogP contribution >= 0.6 is 27.5 Å². The second-order valence-electron chi connectivity index (χ2n) is 3.44. The van der Waals surface area contributed by atoms with E-state index in [0.29, 0.717) is 17.1 Å². The highest BCUT2D eigenvalue weighted by atomic mass is 79.9. The van der Waals surface area contributed by atoms with Crippen molar-refractivity contribution < 1.29 is 4.79 Å².